The summed E-state index contributed by atoms with van der Waals surface area (Å²) in [6.45, 7) is 7.60. The molecule has 0 heterocycles. The Hall–Kier alpha value is -0.900. The molecule has 1 aromatic rings. The van der Waals surface area contributed by atoms with Crippen LogP contribution in [0.3, 0.4) is 0 Å². The maximum Gasteiger partial charge on any atom is 0.253 e. The van der Waals surface area contributed by atoms with Gasteiger partial charge in [-0.15, -0.1) is 0 Å². The van der Waals surface area contributed by atoms with Crippen molar-refractivity contribution in [2.45, 2.75) is 33.6 Å². The van der Waals surface area contributed by atoms with Crippen molar-refractivity contribution < 1.29 is 9.18 Å². The first-order valence-corrected chi connectivity index (χ1v) is 7.57. The van der Waals surface area contributed by atoms with Crippen LogP contribution < -0.4 is 0 Å². The van der Waals surface area contributed by atoms with Crippen LogP contribution in [0.15, 0.2) is 22.7 Å². The molecule has 0 unspecified atom stereocenters. The summed E-state index contributed by atoms with van der Waals surface area (Å²) >= 11 is 3.10. The molecule has 1 amide bonds. The molecule has 0 radical (unpaired) electrons. The third-order valence-electron chi connectivity index (χ3n) is 3.47. The van der Waals surface area contributed by atoms with Crippen LogP contribution in [0, 0.1) is 11.7 Å². The number of hydrogen-bond donors (Lipinski definition) is 0. The molecule has 0 aliphatic carbocycles. The molecule has 106 valence electrons. The van der Waals surface area contributed by atoms with Gasteiger partial charge in [0, 0.05) is 18.7 Å². The molecule has 0 fully saturated rings. The number of hydrogen-bond acceptors (Lipinski definition) is 1. The molecular formula is C15H21BrFNO. The van der Waals surface area contributed by atoms with Gasteiger partial charge >= 0.3 is 0 Å². The molecule has 4 heteroatoms. The third-order valence-corrected chi connectivity index (χ3v) is 4.11. The molecule has 0 saturated heterocycles. The Bertz CT molecular complexity index is 432. The van der Waals surface area contributed by atoms with Crippen LogP contribution in [0.25, 0.3) is 0 Å². The van der Waals surface area contributed by atoms with Crippen molar-refractivity contribution in [3.63, 3.8) is 0 Å². The molecule has 0 N–H and O–H groups in total. The van der Waals surface area contributed by atoms with Crippen LogP contribution in [0.5, 0.6) is 0 Å². The molecule has 2 nitrogen and oxygen atoms in total. The average Bonchev–Trinajstić information content (AvgIpc) is 2.42. The molecule has 0 atom stereocenters. The van der Waals surface area contributed by atoms with E-state index in [1.54, 1.807) is 17.0 Å². The van der Waals surface area contributed by atoms with Gasteiger partial charge in [-0.1, -0.05) is 26.7 Å². The Morgan fingerprint density at radius 2 is 1.95 bits per heavy atom. The molecule has 1 aromatic carbocycles. The third kappa shape index (κ3) is 4.30. The van der Waals surface area contributed by atoms with E-state index in [4.69, 9.17) is 0 Å². The molecule has 0 aliphatic rings. The Morgan fingerprint density at radius 3 is 2.42 bits per heavy atom. The van der Waals surface area contributed by atoms with Gasteiger partial charge in [-0.2, -0.15) is 0 Å². The minimum Gasteiger partial charge on any atom is -0.339 e. The molecule has 0 spiro atoms. The fourth-order valence-electron chi connectivity index (χ4n) is 2.03. The molecule has 19 heavy (non-hydrogen) atoms. The van der Waals surface area contributed by atoms with E-state index in [9.17, 15) is 9.18 Å². The monoisotopic (exact) mass is 329 g/mol. The molecule has 1 rings (SSSR count). The lowest BCUT2D eigenvalue weighted by Gasteiger charge is -2.25. The second kappa shape index (κ2) is 7.63. The Balaban J connectivity index is 2.85. The summed E-state index contributed by atoms with van der Waals surface area (Å²) < 4.78 is 13.9. The van der Waals surface area contributed by atoms with Crippen LogP contribution in [0.4, 0.5) is 4.39 Å². The quantitative estimate of drug-likeness (QED) is 0.753. The number of carbonyl (C=O) groups excluding carboxylic acids is 1. The summed E-state index contributed by atoms with van der Waals surface area (Å²) in [6, 6.07) is 4.53. The van der Waals surface area contributed by atoms with Crippen molar-refractivity contribution in [1.82, 2.24) is 4.90 Å². The zero-order valence-electron chi connectivity index (χ0n) is 11.7. The highest BCUT2D eigenvalue weighted by atomic mass is 79.9. The molecule has 0 saturated carbocycles. The zero-order chi connectivity index (χ0) is 14.4. The molecule has 0 bridgehead atoms. The second-order valence-corrected chi connectivity index (χ2v) is 5.51. The maximum absolute atomic E-state index is 13.5. The van der Waals surface area contributed by atoms with Gasteiger partial charge in [0.1, 0.15) is 5.82 Å². The van der Waals surface area contributed by atoms with Gasteiger partial charge in [0.05, 0.1) is 4.47 Å². The van der Waals surface area contributed by atoms with Gasteiger partial charge in [-0.05, 0) is 47.0 Å². The van der Waals surface area contributed by atoms with E-state index in [1.165, 1.54) is 6.07 Å². The van der Waals surface area contributed by atoms with Gasteiger partial charge in [0.25, 0.3) is 5.91 Å². The van der Waals surface area contributed by atoms with Crippen molar-refractivity contribution in [2.24, 2.45) is 5.92 Å². The van der Waals surface area contributed by atoms with E-state index in [1.807, 2.05) is 6.92 Å². The second-order valence-electron chi connectivity index (χ2n) is 4.66. The normalized spacial score (nSPS) is 10.8. The largest absolute Gasteiger partial charge is 0.339 e. The topological polar surface area (TPSA) is 20.3 Å². The van der Waals surface area contributed by atoms with Crippen molar-refractivity contribution >= 4 is 21.8 Å². The van der Waals surface area contributed by atoms with E-state index in [0.29, 0.717) is 22.5 Å². The van der Waals surface area contributed by atoms with Crippen molar-refractivity contribution in [3.05, 3.63) is 34.1 Å². The predicted octanol–water partition coefficient (Wildman–Crippen LogP) is 4.49. The SMILES string of the molecule is CCC(CC)CN(CC)C(=O)c1ccc(Br)c(F)c1. The molecular weight excluding hydrogens is 309 g/mol. The van der Waals surface area contributed by atoms with Crippen molar-refractivity contribution in [1.29, 1.82) is 0 Å². The first kappa shape index (κ1) is 16.2. The lowest BCUT2D eigenvalue weighted by molar-refractivity contribution is 0.0734. The van der Waals surface area contributed by atoms with E-state index in [-0.39, 0.29) is 5.91 Å². The smallest absolute Gasteiger partial charge is 0.253 e. The summed E-state index contributed by atoms with van der Waals surface area (Å²) in [5.74, 6) is 0.00873. The van der Waals surface area contributed by atoms with Crippen LogP contribution in [0.1, 0.15) is 44.0 Å². The summed E-state index contributed by atoms with van der Waals surface area (Å²) in [6.07, 6.45) is 2.10. The fourth-order valence-corrected chi connectivity index (χ4v) is 2.27. The minimum absolute atomic E-state index is 0.0965. The summed E-state index contributed by atoms with van der Waals surface area (Å²) in [4.78, 5) is 14.1. The lowest BCUT2D eigenvalue weighted by atomic mass is 10.0. The standard InChI is InChI=1S/C15H21BrFNO/c1-4-11(5-2)10-18(6-3)15(19)12-7-8-13(16)14(17)9-12/h7-9,11H,4-6,10H2,1-3H3. The fraction of sp³-hybridized carbons (Fsp3) is 0.533. The first-order chi connectivity index (χ1) is 9.03. The van der Waals surface area contributed by atoms with Crippen molar-refractivity contribution in [3.8, 4) is 0 Å². The molecule has 0 aliphatic heterocycles. The highest BCUT2D eigenvalue weighted by Gasteiger charge is 2.18. The number of halogens is 2. The summed E-state index contributed by atoms with van der Waals surface area (Å²) in [5.41, 5.74) is 0.411. The summed E-state index contributed by atoms with van der Waals surface area (Å²) in [5, 5.41) is 0. The van der Waals surface area contributed by atoms with Gasteiger partial charge in [0.15, 0.2) is 0 Å². The number of carbonyl (C=O) groups is 1. The number of benzene rings is 1. The predicted molar refractivity (Wildman–Crippen MR) is 79.7 cm³/mol. The maximum atomic E-state index is 13.5. The molecule has 0 aromatic heterocycles. The van der Waals surface area contributed by atoms with E-state index >= 15 is 0 Å². The number of rotatable bonds is 6. The van der Waals surface area contributed by atoms with Crippen LogP contribution in [-0.4, -0.2) is 23.9 Å². The van der Waals surface area contributed by atoms with Crippen LogP contribution in [-0.2, 0) is 0 Å². The minimum atomic E-state index is -0.399. The van der Waals surface area contributed by atoms with Gasteiger partial charge in [-0.3, -0.25) is 4.79 Å². The summed E-state index contributed by atoms with van der Waals surface area (Å²) in [7, 11) is 0. The number of nitrogens with zero attached hydrogens (tertiary/aromatic N) is 1. The Kier molecular flexibility index (Phi) is 6.49. The zero-order valence-corrected chi connectivity index (χ0v) is 13.3. The lowest BCUT2D eigenvalue weighted by Crippen LogP contribution is -2.35. The van der Waals surface area contributed by atoms with E-state index in [2.05, 4.69) is 29.8 Å². The Morgan fingerprint density at radius 1 is 1.32 bits per heavy atom. The highest BCUT2D eigenvalue weighted by molar-refractivity contribution is 9.10. The first-order valence-electron chi connectivity index (χ1n) is 6.77. The highest BCUT2D eigenvalue weighted by Crippen LogP contribution is 2.18. The van der Waals surface area contributed by atoms with Gasteiger partial charge < -0.3 is 4.90 Å². The van der Waals surface area contributed by atoms with Gasteiger partial charge in [-0.25, -0.2) is 4.39 Å². The van der Waals surface area contributed by atoms with Gasteiger partial charge in [0.2, 0.25) is 0 Å². The Labute approximate surface area is 123 Å². The van der Waals surface area contributed by atoms with E-state index in [0.717, 1.165) is 19.4 Å². The van der Waals surface area contributed by atoms with Crippen LogP contribution >= 0.6 is 15.9 Å². The van der Waals surface area contributed by atoms with E-state index < -0.39 is 5.82 Å². The number of amides is 1. The average molecular weight is 330 g/mol. The van der Waals surface area contributed by atoms with Crippen LogP contribution in [0.2, 0.25) is 0 Å². The van der Waals surface area contributed by atoms with Crippen molar-refractivity contribution in [2.75, 3.05) is 13.1 Å².